The monoisotopic (exact) mass is 485 g/mol. The number of carbonyl (C=O) groups is 1. The van der Waals surface area contributed by atoms with Gasteiger partial charge in [-0.25, -0.2) is 0 Å². The Bertz CT molecular complexity index is 1180. The average Bonchev–Trinajstić information content (AvgIpc) is 2.82. The maximum absolute atomic E-state index is 12.8. The summed E-state index contributed by atoms with van der Waals surface area (Å²) in [7, 11) is 0. The number of rotatable bonds is 6. The van der Waals surface area contributed by atoms with Crippen molar-refractivity contribution >= 4 is 34.8 Å². The summed E-state index contributed by atoms with van der Waals surface area (Å²) in [4.78, 5) is 29.4. The molecule has 0 bridgehead atoms. The molecule has 1 N–H and O–H groups in total. The van der Waals surface area contributed by atoms with E-state index in [1.807, 2.05) is 54.3 Å². The smallest absolute Gasteiger partial charge is 0.292 e. The zero-order valence-corrected chi connectivity index (χ0v) is 19.8. The van der Waals surface area contributed by atoms with Crippen LogP contribution >= 0.6 is 23.2 Å². The highest BCUT2D eigenvalue weighted by atomic mass is 35.5. The van der Waals surface area contributed by atoms with Gasteiger partial charge in [-0.15, -0.1) is 0 Å². The summed E-state index contributed by atoms with van der Waals surface area (Å²) in [5.41, 5.74) is 1.82. The number of hydrogen-bond acceptors (Lipinski definition) is 5. The third kappa shape index (κ3) is 5.38. The number of amides is 1. The van der Waals surface area contributed by atoms with E-state index in [0.29, 0.717) is 49.1 Å². The van der Waals surface area contributed by atoms with Crippen molar-refractivity contribution in [3.63, 3.8) is 0 Å². The molecule has 1 aliphatic heterocycles. The molecule has 33 heavy (non-hydrogen) atoms. The maximum Gasteiger partial charge on any atom is 0.292 e. The SMILES string of the molecule is CC(NC(=O)CN1CCN(c2cnn(-c3ccccc3)c(=O)c2Cl)CC1)c1ccccc1Cl. The van der Waals surface area contributed by atoms with Crippen molar-refractivity contribution in [2.45, 2.75) is 13.0 Å². The highest BCUT2D eigenvalue weighted by Crippen LogP contribution is 2.24. The standard InChI is InChI=1S/C24H25Cl2N5O2/c1-17(19-9-5-6-10-20(19)25)28-22(32)16-29-11-13-30(14-12-29)21-15-27-31(24(33)23(21)26)18-7-3-2-4-8-18/h2-10,15,17H,11-14,16H2,1H3,(H,28,32). The quantitative estimate of drug-likeness (QED) is 0.578. The Morgan fingerprint density at radius 3 is 2.39 bits per heavy atom. The molecule has 1 aromatic heterocycles. The van der Waals surface area contributed by atoms with E-state index in [9.17, 15) is 9.59 Å². The zero-order chi connectivity index (χ0) is 23.4. The third-order valence-electron chi connectivity index (χ3n) is 5.73. The number of piperazine rings is 1. The second kappa shape index (κ2) is 10.4. The van der Waals surface area contributed by atoms with Crippen LogP contribution in [0.25, 0.3) is 5.69 Å². The Hall–Kier alpha value is -2.87. The summed E-state index contributed by atoms with van der Waals surface area (Å²) in [5, 5.41) is 8.11. The summed E-state index contributed by atoms with van der Waals surface area (Å²) in [6.45, 7) is 4.85. The van der Waals surface area contributed by atoms with Gasteiger partial charge in [0.2, 0.25) is 5.91 Å². The summed E-state index contributed by atoms with van der Waals surface area (Å²) in [6, 6.07) is 16.5. The van der Waals surface area contributed by atoms with Crippen LogP contribution in [-0.2, 0) is 4.79 Å². The molecule has 0 saturated carbocycles. The number of hydrogen-bond donors (Lipinski definition) is 1. The van der Waals surface area contributed by atoms with Gasteiger partial charge >= 0.3 is 0 Å². The Kier molecular flexibility index (Phi) is 7.33. The highest BCUT2D eigenvalue weighted by molar-refractivity contribution is 6.33. The van der Waals surface area contributed by atoms with Gasteiger partial charge in [0.15, 0.2) is 0 Å². The van der Waals surface area contributed by atoms with Gasteiger partial charge in [-0.2, -0.15) is 9.78 Å². The first-order valence-electron chi connectivity index (χ1n) is 10.8. The number of nitrogens with zero attached hydrogens (tertiary/aromatic N) is 4. The van der Waals surface area contributed by atoms with Gasteiger partial charge in [-0.1, -0.05) is 59.6 Å². The molecule has 1 amide bonds. The first-order valence-corrected chi connectivity index (χ1v) is 11.5. The number of anilines is 1. The van der Waals surface area contributed by atoms with Crippen LogP contribution < -0.4 is 15.8 Å². The van der Waals surface area contributed by atoms with Crippen molar-refractivity contribution in [3.05, 3.63) is 86.8 Å². The molecule has 4 rings (SSSR count). The van der Waals surface area contributed by atoms with Crippen LogP contribution in [0, 0.1) is 0 Å². The second-order valence-corrected chi connectivity index (χ2v) is 8.76. The third-order valence-corrected chi connectivity index (χ3v) is 6.43. The van der Waals surface area contributed by atoms with E-state index < -0.39 is 0 Å². The zero-order valence-electron chi connectivity index (χ0n) is 18.2. The van der Waals surface area contributed by atoms with Crippen molar-refractivity contribution < 1.29 is 4.79 Å². The number of carbonyl (C=O) groups excluding carboxylic acids is 1. The van der Waals surface area contributed by atoms with Crippen molar-refractivity contribution in [2.24, 2.45) is 0 Å². The number of nitrogens with one attached hydrogen (secondary N) is 1. The topological polar surface area (TPSA) is 70.5 Å². The summed E-state index contributed by atoms with van der Waals surface area (Å²) >= 11 is 12.7. The Labute approximate surface area is 202 Å². The summed E-state index contributed by atoms with van der Waals surface area (Å²) in [5.74, 6) is -0.0546. The van der Waals surface area contributed by atoms with Crippen molar-refractivity contribution in [1.29, 1.82) is 0 Å². The molecular formula is C24H25Cl2N5O2. The molecule has 0 aliphatic carbocycles. The van der Waals surface area contributed by atoms with Crippen LogP contribution in [0.1, 0.15) is 18.5 Å². The van der Waals surface area contributed by atoms with E-state index in [-0.39, 0.29) is 22.5 Å². The number of para-hydroxylation sites is 1. The van der Waals surface area contributed by atoms with Crippen molar-refractivity contribution in [2.75, 3.05) is 37.6 Å². The molecule has 2 aromatic carbocycles. The number of halogens is 2. The van der Waals surface area contributed by atoms with Crippen LogP contribution in [-0.4, -0.2) is 53.3 Å². The van der Waals surface area contributed by atoms with E-state index in [0.717, 1.165) is 5.56 Å². The predicted octanol–water partition coefficient (Wildman–Crippen LogP) is 3.54. The van der Waals surface area contributed by atoms with Gasteiger partial charge in [-0.05, 0) is 30.7 Å². The van der Waals surface area contributed by atoms with Crippen LogP contribution in [0.5, 0.6) is 0 Å². The fourth-order valence-corrected chi connectivity index (χ4v) is 4.49. The molecule has 9 heteroatoms. The van der Waals surface area contributed by atoms with E-state index in [1.165, 1.54) is 4.68 Å². The fourth-order valence-electron chi connectivity index (χ4n) is 3.94. The molecule has 0 radical (unpaired) electrons. The van der Waals surface area contributed by atoms with Gasteiger partial charge in [0.1, 0.15) is 5.02 Å². The van der Waals surface area contributed by atoms with Crippen molar-refractivity contribution in [1.82, 2.24) is 20.0 Å². The normalized spacial score (nSPS) is 15.3. The molecular weight excluding hydrogens is 461 g/mol. The summed E-state index contributed by atoms with van der Waals surface area (Å²) in [6.07, 6.45) is 1.63. The highest BCUT2D eigenvalue weighted by Gasteiger charge is 2.23. The predicted molar refractivity (Wildman–Crippen MR) is 132 cm³/mol. The van der Waals surface area contributed by atoms with Crippen LogP contribution in [0.4, 0.5) is 5.69 Å². The average molecular weight is 486 g/mol. The van der Waals surface area contributed by atoms with Crippen LogP contribution in [0.2, 0.25) is 10.0 Å². The molecule has 172 valence electrons. The molecule has 1 saturated heterocycles. The first kappa shape index (κ1) is 23.3. The number of aromatic nitrogens is 2. The minimum absolute atomic E-state index is 0.0546. The lowest BCUT2D eigenvalue weighted by molar-refractivity contribution is -0.123. The fraction of sp³-hybridized carbons (Fsp3) is 0.292. The van der Waals surface area contributed by atoms with E-state index >= 15 is 0 Å². The molecule has 1 fully saturated rings. The Morgan fingerprint density at radius 2 is 1.70 bits per heavy atom. The second-order valence-electron chi connectivity index (χ2n) is 7.97. The van der Waals surface area contributed by atoms with Crippen LogP contribution in [0.3, 0.4) is 0 Å². The minimum atomic E-state index is -0.351. The van der Waals surface area contributed by atoms with E-state index in [2.05, 4.69) is 15.3 Å². The Morgan fingerprint density at radius 1 is 1.03 bits per heavy atom. The van der Waals surface area contributed by atoms with Gasteiger partial charge in [0.05, 0.1) is 30.2 Å². The van der Waals surface area contributed by atoms with Crippen LogP contribution in [0.15, 0.2) is 65.6 Å². The lowest BCUT2D eigenvalue weighted by atomic mass is 10.1. The lowest BCUT2D eigenvalue weighted by Gasteiger charge is -2.36. The molecule has 1 atom stereocenters. The molecule has 1 unspecified atom stereocenters. The van der Waals surface area contributed by atoms with Gasteiger partial charge < -0.3 is 10.2 Å². The molecule has 1 aliphatic rings. The van der Waals surface area contributed by atoms with E-state index in [4.69, 9.17) is 23.2 Å². The van der Waals surface area contributed by atoms with Gasteiger partial charge in [0, 0.05) is 31.2 Å². The maximum atomic E-state index is 12.8. The number of benzene rings is 2. The summed E-state index contributed by atoms with van der Waals surface area (Å²) < 4.78 is 1.30. The van der Waals surface area contributed by atoms with Gasteiger partial charge in [-0.3, -0.25) is 14.5 Å². The minimum Gasteiger partial charge on any atom is -0.366 e. The van der Waals surface area contributed by atoms with E-state index in [1.54, 1.807) is 18.3 Å². The van der Waals surface area contributed by atoms with Crippen molar-refractivity contribution in [3.8, 4) is 5.69 Å². The molecule has 7 nitrogen and oxygen atoms in total. The Balaban J connectivity index is 1.34. The molecule has 3 aromatic rings. The molecule has 0 spiro atoms. The largest absolute Gasteiger partial charge is 0.366 e. The molecule has 2 heterocycles. The van der Waals surface area contributed by atoms with Gasteiger partial charge in [0.25, 0.3) is 5.56 Å². The first-order chi connectivity index (χ1) is 15.9. The lowest BCUT2D eigenvalue weighted by Crippen LogP contribution is -2.50.